The van der Waals surface area contributed by atoms with E-state index in [0.29, 0.717) is 37.9 Å². The van der Waals surface area contributed by atoms with Crippen molar-refractivity contribution in [2.45, 2.75) is 90.4 Å². The number of carbonyl (C=O) groups is 1. The molecular weight excluding hydrogens is 414 g/mol. The summed E-state index contributed by atoms with van der Waals surface area (Å²) in [4.78, 5) is 19.1. The first-order chi connectivity index (χ1) is 15.1. The molecule has 32 heavy (non-hydrogen) atoms. The number of hydrogen-bond donors (Lipinski definition) is 1. The Morgan fingerprint density at radius 2 is 1.97 bits per heavy atom. The molecule has 1 atom stereocenters. The largest absolute Gasteiger partial charge is 0.481 e. The standard InChI is InChI=1S/C24H34F2N4O2/c1-5-23(22(31)32)9-6-12-29(14-23)21-20(15(2)3)16(4)27-19-13-18(28-30(19)21)17-7-10-24(25,26)11-8-17/h13,15,17H,5-12,14H2,1-4H3,(H,31,32)/t23-/m1/s1. The van der Waals surface area contributed by atoms with Crippen molar-refractivity contribution in [1.29, 1.82) is 0 Å². The van der Waals surface area contributed by atoms with Gasteiger partial charge >= 0.3 is 5.97 Å². The summed E-state index contributed by atoms with van der Waals surface area (Å²) >= 11 is 0. The zero-order valence-electron chi connectivity index (χ0n) is 19.5. The van der Waals surface area contributed by atoms with Crippen LogP contribution in [0.4, 0.5) is 14.6 Å². The van der Waals surface area contributed by atoms with Crippen molar-refractivity contribution in [3.05, 3.63) is 23.0 Å². The van der Waals surface area contributed by atoms with Crippen LogP contribution in [0.5, 0.6) is 0 Å². The molecule has 176 valence electrons. The molecule has 8 heteroatoms. The van der Waals surface area contributed by atoms with Crippen LogP contribution >= 0.6 is 0 Å². The molecule has 0 bridgehead atoms. The minimum atomic E-state index is -2.57. The fourth-order valence-electron chi connectivity index (χ4n) is 5.58. The lowest BCUT2D eigenvalue weighted by molar-refractivity contribution is -0.149. The van der Waals surface area contributed by atoms with Gasteiger partial charge in [-0.15, -0.1) is 0 Å². The molecule has 1 saturated carbocycles. The van der Waals surface area contributed by atoms with Gasteiger partial charge in [0, 0.05) is 49.2 Å². The van der Waals surface area contributed by atoms with Crippen LogP contribution in [-0.2, 0) is 4.79 Å². The third-order valence-corrected chi connectivity index (χ3v) is 7.54. The van der Waals surface area contributed by atoms with Crippen molar-refractivity contribution >= 4 is 17.4 Å². The number of rotatable bonds is 5. The molecule has 0 radical (unpaired) electrons. The molecule has 0 unspecified atom stereocenters. The number of halogens is 2. The van der Waals surface area contributed by atoms with E-state index in [2.05, 4.69) is 18.7 Å². The molecule has 1 saturated heterocycles. The van der Waals surface area contributed by atoms with Gasteiger partial charge in [-0.25, -0.2) is 13.8 Å². The third kappa shape index (κ3) is 3.97. The van der Waals surface area contributed by atoms with Gasteiger partial charge in [0.25, 0.3) is 0 Å². The second-order valence-corrected chi connectivity index (χ2v) is 10.0. The summed E-state index contributed by atoms with van der Waals surface area (Å²) in [5.74, 6) is -2.22. The average molecular weight is 449 g/mol. The van der Waals surface area contributed by atoms with Gasteiger partial charge in [-0.05, 0) is 44.9 Å². The van der Waals surface area contributed by atoms with E-state index in [1.54, 1.807) is 0 Å². The average Bonchev–Trinajstić information content (AvgIpc) is 3.15. The summed E-state index contributed by atoms with van der Waals surface area (Å²) in [6, 6.07) is 1.93. The van der Waals surface area contributed by atoms with Gasteiger partial charge < -0.3 is 10.0 Å². The van der Waals surface area contributed by atoms with Gasteiger partial charge in [0.2, 0.25) is 5.92 Å². The highest BCUT2D eigenvalue weighted by atomic mass is 19.3. The van der Waals surface area contributed by atoms with Crippen LogP contribution in [0, 0.1) is 12.3 Å². The summed E-state index contributed by atoms with van der Waals surface area (Å²) in [5, 5.41) is 14.9. The van der Waals surface area contributed by atoms with Crippen molar-refractivity contribution < 1.29 is 18.7 Å². The summed E-state index contributed by atoms with van der Waals surface area (Å²) < 4.78 is 29.2. The number of fused-ring (bicyclic) bond motifs is 1. The number of alkyl halides is 2. The van der Waals surface area contributed by atoms with Crippen LogP contribution in [0.15, 0.2) is 6.07 Å². The Kier molecular flexibility index (Phi) is 5.92. The van der Waals surface area contributed by atoms with Crippen molar-refractivity contribution in [2.75, 3.05) is 18.0 Å². The molecule has 1 aliphatic carbocycles. The number of aromatic nitrogens is 3. The number of carboxylic acids is 1. The van der Waals surface area contributed by atoms with Crippen molar-refractivity contribution in [3.8, 4) is 0 Å². The van der Waals surface area contributed by atoms with Crippen LogP contribution in [0.25, 0.3) is 5.65 Å². The quantitative estimate of drug-likeness (QED) is 0.651. The number of hydrogen-bond acceptors (Lipinski definition) is 4. The molecule has 3 heterocycles. The Balaban J connectivity index is 1.80. The van der Waals surface area contributed by atoms with Crippen molar-refractivity contribution in [2.24, 2.45) is 5.41 Å². The van der Waals surface area contributed by atoms with E-state index in [1.165, 1.54) is 0 Å². The fraction of sp³-hybridized carbons (Fsp3) is 0.708. The summed E-state index contributed by atoms with van der Waals surface area (Å²) in [6.45, 7) is 9.35. The van der Waals surface area contributed by atoms with Gasteiger partial charge in [-0.1, -0.05) is 20.8 Å². The maximum atomic E-state index is 13.7. The molecule has 0 spiro atoms. The Morgan fingerprint density at radius 1 is 1.28 bits per heavy atom. The molecule has 1 N–H and O–H groups in total. The second-order valence-electron chi connectivity index (χ2n) is 10.0. The maximum Gasteiger partial charge on any atom is 0.311 e. The van der Waals surface area contributed by atoms with E-state index in [0.717, 1.165) is 35.7 Å². The minimum Gasteiger partial charge on any atom is -0.481 e. The first-order valence-corrected chi connectivity index (χ1v) is 11.8. The highest BCUT2D eigenvalue weighted by molar-refractivity contribution is 5.76. The lowest BCUT2D eigenvalue weighted by atomic mass is 9.77. The van der Waals surface area contributed by atoms with Gasteiger partial charge in [0.05, 0.1) is 11.1 Å². The van der Waals surface area contributed by atoms with Crippen LogP contribution < -0.4 is 4.90 Å². The first kappa shape index (κ1) is 22.9. The topological polar surface area (TPSA) is 70.7 Å². The lowest BCUT2D eigenvalue weighted by Gasteiger charge is -2.41. The van der Waals surface area contributed by atoms with Gasteiger partial charge in [-0.3, -0.25) is 4.79 Å². The SMILES string of the molecule is CC[C@@]1(C(=O)O)CCCN(c2c(C(C)C)c(C)nc3cc(C4CCC(F)(F)CC4)nn23)C1. The fourth-order valence-corrected chi connectivity index (χ4v) is 5.58. The van der Waals surface area contributed by atoms with E-state index < -0.39 is 17.3 Å². The van der Waals surface area contributed by atoms with E-state index in [9.17, 15) is 18.7 Å². The number of anilines is 1. The monoisotopic (exact) mass is 448 g/mol. The summed E-state index contributed by atoms with van der Waals surface area (Å²) in [6.07, 6.45) is 2.67. The predicted octanol–water partition coefficient (Wildman–Crippen LogP) is 5.54. The minimum absolute atomic E-state index is 0.00193. The molecule has 0 aromatic carbocycles. The normalized spacial score (nSPS) is 24.4. The molecule has 2 fully saturated rings. The van der Waals surface area contributed by atoms with E-state index in [4.69, 9.17) is 10.1 Å². The second kappa shape index (κ2) is 8.27. The highest BCUT2D eigenvalue weighted by Gasteiger charge is 2.42. The van der Waals surface area contributed by atoms with E-state index >= 15 is 0 Å². The van der Waals surface area contributed by atoms with Crippen LogP contribution in [-0.4, -0.2) is 44.7 Å². The van der Waals surface area contributed by atoms with Gasteiger partial charge in [-0.2, -0.15) is 9.61 Å². The molecule has 2 aromatic heterocycles. The number of nitrogens with zero attached hydrogens (tertiary/aromatic N) is 4. The zero-order chi connectivity index (χ0) is 23.3. The molecule has 2 aromatic rings. The summed E-state index contributed by atoms with van der Waals surface area (Å²) in [7, 11) is 0. The lowest BCUT2D eigenvalue weighted by Crippen LogP contribution is -2.48. The molecule has 1 aliphatic heterocycles. The van der Waals surface area contributed by atoms with Crippen molar-refractivity contribution in [1.82, 2.24) is 14.6 Å². The van der Waals surface area contributed by atoms with Crippen LogP contribution in [0.1, 0.15) is 94.5 Å². The molecular formula is C24H34F2N4O2. The number of carboxylic acid groups (broad SMARTS) is 1. The predicted molar refractivity (Wildman–Crippen MR) is 120 cm³/mol. The zero-order valence-corrected chi connectivity index (χ0v) is 19.5. The van der Waals surface area contributed by atoms with Gasteiger partial charge in [0.15, 0.2) is 5.65 Å². The summed E-state index contributed by atoms with van der Waals surface area (Å²) in [5.41, 5.74) is 2.72. The van der Waals surface area contributed by atoms with Crippen molar-refractivity contribution in [3.63, 3.8) is 0 Å². The Bertz CT molecular complexity index is 1010. The molecule has 0 amide bonds. The molecule has 4 rings (SSSR count). The number of piperidine rings is 1. The third-order valence-electron chi connectivity index (χ3n) is 7.54. The Morgan fingerprint density at radius 3 is 2.56 bits per heavy atom. The van der Waals surface area contributed by atoms with E-state index in [-0.39, 0.29) is 24.7 Å². The van der Waals surface area contributed by atoms with Crippen LogP contribution in [0.2, 0.25) is 0 Å². The molecule has 6 nitrogen and oxygen atoms in total. The molecule has 2 aliphatic rings. The number of aliphatic carboxylic acids is 1. The Labute approximate surface area is 188 Å². The maximum absolute atomic E-state index is 13.7. The van der Waals surface area contributed by atoms with Crippen LogP contribution in [0.3, 0.4) is 0 Å². The number of aryl methyl sites for hydroxylation is 1. The van der Waals surface area contributed by atoms with Gasteiger partial charge in [0.1, 0.15) is 5.82 Å². The highest BCUT2D eigenvalue weighted by Crippen LogP contribution is 2.42. The first-order valence-electron chi connectivity index (χ1n) is 11.8. The smallest absolute Gasteiger partial charge is 0.311 e. The Hall–Kier alpha value is -2.25. The van der Waals surface area contributed by atoms with E-state index in [1.807, 2.05) is 24.4 Å².